The van der Waals surface area contributed by atoms with E-state index in [9.17, 15) is 0 Å². The third-order valence-corrected chi connectivity index (χ3v) is 23.4. The minimum absolute atomic E-state index is 0.251. The molecule has 0 aliphatic heterocycles. The van der Waals surface area contributed by atoms with E-state index < -0.39 is 43.3 Å². The first kappa shape index (κ1) is 42.2. The Kier molecular flexibility index (Phi) is 19.7. The largest absolute Gasteiger partial charge is 0.398 e. The highest BCUT2D eigenvalue weighted by molar-refractivity contribution is 6.82. The van der Waals surface area contributed by atoms with Crippen LogP contribution < -0.4 is 21.0 Å². The summed E-state index contributed by atoms with van der Waals surface area (Å²) in [6.07, 6.45) is 3.15. The summed E-state index contributed by atoms with van der Waals surface area (Å²) in [5.74, 6) is 0.265. The normalized spacial score (nSPS) is 13.9. The Hall–Kier alpha value is 0.201. The molecule has 1 unspecified atom stereocenters. The molecule has 4 radical (unpaired) electrons. The number of hydrogen-bond acceptors (Lipinski definition) is 8. The van der Waals surface area contributed by atoms with Crippen molar-refractivity contribution in [2.75, 3.05) is 55.7 Å². The van der Waals surface area contributed by atoms with Gasteiger partial charge in [-0.15, -0.1) is 0 Å². The summed E-state index contributed by atoms with van der Waals surface area (Å²) in [4.78, 5) is 0. The van der Waals surface area contributed by atoms with Crippen LogP contribution in [0.4, 0.5) is 0 Å². The number of hydrogen-bond donors (Lipinski definition) is 2. The number of benzene rings is 1. The Morgan fingerprint density at radius 1 is 0.727 bits per heavy atom. The minimum Gasteiger partial charge on any atom is -0.398 e. The second-order valence-corrected chi connectivity index (χ2v) is 29.9. The molecule has 1 aromatic carbocycles. The van der Waals surface area contributed by atoms with Gasteiger partial charge in [0.1, 0.15) is 0 Å². The van der Waals surface area contributed by atoms with Crippen LogP contribution >= 0.6 is 0 Å². The standard InChI is InChI=1S/C30H64N2O6Si6/c1-25(44(14,37-6)38-7)26-17-18-28(40(8)9)29(41(10)11)27(26)19-22-39-30(31-20-15-23-42(12,33-2)34-3)32-21-16-24-43(13,35-4)36-5/h17-18,25,30-32H,15-16,19-24H2,1-14H3. The minimum atomic E-state index is -2.36. The van der Waals surface area contributed by atoms with Crippen LogP contribution in [0.2, 0.25) is 64.0 Å². The Morgan fingerprint density at radius 2 is 1.20 bits per heavy atom. The van der Waals surface area contributed by atoms with Gasteiger partial charge in [0.15, 0.2) is 0 Å². The van der Waals surface area contributed by atoms with Gasteiger partial charge in [-0.05, 0) is 75.2 Å². The van der Waals surface area contributed by atoms with E-state index in [1.165, 1.54) is 5.56 Å². The lowest BCUT2D eigenvalue weighted by Crippen LogP contribution is -2.50. The molecule has 14 heteroatoms. The van der Waals surface area contributed by atoms with E-state index in [-0.39, 0.29) is 11.3 Å². The highest BCUT2D eigenvalue weighted by Gasteiger charge is 2.39. The van der Waals surface area contributed by atoms with Crippen molar-refractivity contribution in [2.45, 2.75) is 101 Å². The molecule has 44 heavy (non-hydrogen) atoms. The van der Waals surface area contributed by atoms with E-state index in [2.05, 4.69) is 75.5 Å². The molecular formula is C30H64N2O6Si6. The molecule has 0 aliphatic carbocycles. The van der Waals surface area contributed by atoms with Gasteiger partial charge in [-0.1, -0.05) is 61.7 Å². The van der Waals surface area contributed by atoms with Gasteiger partial charge >= 0.3 is 25.7 Å². The van der Waals surface area contributed by atoms with Crippen LogP contribution in [-0.4, -0.2) is 114 Å². The van der Waals surface area contributed by atoms with Crippen LogP contribution in [0.1, 0.15) is 36.4 Å². The molecule has 0 spiro atoms. The van der Waals surface area contributed by atoms with Gasteiger partial charge < -0.3 is 37.2 Å². The van der Waals surface area contributed by atoms with E-state index in [0.29, 0.717) is 0 Å². The van der Waals surface area contributed by atoms with Crippen molar-refractivity contribution in [3.63, 3.8) is 0 Å². The second kappa shape index (κ2) is 20.5. The lowest BCUT2D eigenvalue weighted by Gasteiger charge is -2.33. The molecule has 0 aliphatic rings. The zero-order valence-electron chi connectivity index (χ0n) is 30.4. The Balaban J connectivity index is 3.19. The maximum atomic E-state index is 6.05. The van der Waals surface area contributed by atoms with Gasteiger partial charge in [0.25, 0.3) is 0 Å². The highest BCUT2D eigenvalue weighted by atomic mass is 28.4. The average molecular weight is 717 g/mol. The average Bonchev–Trinajstić information content (AvgIpc) is 3.02. The van der Waals surface area contributed by atoms with E-state index in [1.807, 2.05) is 14.2 Å². The molecule has 0 aromatic heterocycles. The lowest BCUT2D eigenvalue weighted by molar-refractivity contribution is 0.240. The predicted molar refractivity (Wildman–Crippen MR) is 199 cm³/mol. The Labute approximate surface area is 279 Å². The van der Waals surface area contributed by atoms with Crippen molar-refractivity contribution in [2.24, 2.45) is 0 Å². The molecule has 0 bridgehead atoms. The van der Waals surface area contributed by atoms with Crippen LogP contribution in [-0.2, 0) is 33.0 Å². The summed E-state index contributed by atoms with van der Waals surface area (Å²) < 4.78 is 35.0. The maximum absolute atomic E-state index is 6.05. The van der Waals surface area contributed by atoms with E-state index >= 15 is 0 Å². The topological polar surface area (TPSA) is 79.4 Å². The molecule has 254 valence electrons. The fourth-order valence-electron chi connectivity index (χ4n) is 5.49. The zero-order chi connectivity index (χ0) is 33.6. The van der Waals surface area contributed by atoms with Crippen molar-refractivity contribution < 1.29 is 26.6 Å². The number of rotatable bonds is 24. The monoisotopic (exact) mass is 716 g/mol. The van der Waals surface area contributed by atoms with E-state index in [0.717, 1.165) is 60.0 Å². The van der Waals surface area contributed by atoms with Crippen molar-refractivity contribution in [3.05, 3.63) is 23.3 Å². The summed E-state index contributed by atoms with van der Waals surface area (Å²) in [6.45, 7) is 20.4. The summed E-state index contributed by atoms with van der Waals surface area (Å²) in [7, 11) is 3.73. The van der Waals surface area contributed by atoms with Crippen LogP contribution in [0, 0.1) is 0 Å². The fourth-order valence-corrected chi connectivity index (χ4v) is 15.3. The lowest BCUT2D eigenvalue weighted by atomic mass is 10.0. The molecule has 0 heterocycles. The Bertz CT molecular complexity index is 923. The summed E-state index contributed by atoms with van der Waals surface area (Å²) in [5, 5.41) is 11.0. The van der Waals surface area contributed by atoms with Crippen LogP contribution in [0.3, 0.4) is 0 Å². The summed E-state index contributed by atoms with van der Waals surface area (Å²) in [6, 6.07) is 7.92. The molecule has 1 rings (SSSR count). The Morgan fingerprint density at radius 3 is 1.59 bits per heavy atom. The second-order valence-electron chi connectivity index (χ2n) is 12.5. The smallest absolute Gasteiger partial charge is 0.341 e. The van der Waals surface area contributed by atoms with Crippen molar-refractivity contribution in [3.8, 4) is 0 Å². The summed E-state index contributed by atoms with van der Waals surface area (Å²) in [5.41, 5.74) is 3.26. The molecule has 1 aromatic rings. The summed E-state index contributed by atoms with van der Waals surface area (Å²) >= 11 is 0. The van der Waals surface area contributed by atoms with Gasteiger partial charge in [0.2, 0.25) is 0 Å². The van der Waals surface area contributed by atoms with Crippen molar-refractivity contribution >= 4 is 63.2 Å². The first-order chi connectivity index (χ1) is 20.7. The van der Waals surface area contributed by atoms with Crippen LogP contribution in [0.5, 0.6) is 0 Å². The van der Waals surface area contributed by atoms with Gasteiger partial charge in [0.05, 0.1) is 27.1 Å². The molecule has 8 nitrogen and oxygen atoms in total. The molecule has 0 saturated heterocycles. The van der Waals surface area contributed by atoms with Crippen molar-refractivity contribution in [1.82, 2.24) is 10.6 Å². The SMILES string of the molecule is CO[Si](C)(CCCNC(NCCC[Si](C)(OC)OC)[Si]CCc1c(C(C)[Si](C)(OC)OC)ccc([Si](C)C)c1[Si](C)C)OC. The van der Waals surface area contributed by atoms with Crippen LogP contribution in [0.15, 0.2) is 12.1 Å². The molecular weight excluding hydrogens is 653 g/mol. The van der Waals surface area contributed by atoms with Gasteiger partial charge in [-0.25, -0.2) is 0 Å². The predicted octanol–water partition coefficient (Wildman–Crippen LogP) is 4.25. The first-order valence-corrected chi connectivity index (χ1v) is 29.7. The quantitative estimate of drug-likeness (QED) is 0.0935. The fraction of sp³-hybridized carbons (Fsp3) is 0.800. The molecule has 1 atom stereocenters. The van der Waals surface area contributed by atoms with E-state index in [4.69, 9.17) is 26.6 Å². The first-order valence-electron chi connectivity index (χ1n) is 16.0. The van der Waals surface area contributed by atoms with Gasteiger partial charge in [-0.2, -0.15) is 0 Å². The molecule has 0 fully saturated rings. The highest BCUT2D eigenvalue weighted by Crippen LogP contribution is 2.30. The zero-order valence-corrected chi connectivity index (χ0v) is 36.4. The van der Waals surface area contributed by atoms with Gasteiger partial charge in [0, 0.05) is 54.0 Å². The van der Waals surface area contributed by atoms with E-state index in [1.54, 1.807) is 44.4 Å². The van der Waals surface area contributed by atoms with Crippen molar-refractivity contribution in [1.29, 1.82) is 0 Å². The maximum Gasteiger partial charge on any atom is 0.341 e. The third kappa shape index (κ3) is 12.7. The third-order valence-electron chi connectivity index (χ3n) is 9.21. The number of nitrogens with one attached hydrogen (secondary N) is 2. The molecule has 0 amide bonds. The molecule has 2 N–H and O–H groups in total. The van der Waals surface area contributed by atoms with Crippen LogP contribution in [0.25, 0.3) is 0 Å². The molecule has 0 saturated carbocycles. The van der Waals surface area contributed by atoms with Gasteiger partial charge in [-0.3, -0.25) is 0 Å².